The molecule has 0 radical (unpaired) electrons. The molecule has 8 nitrogen and oxygen atoms in total. The summed E-state index contributed by atoms with van der Waals surface area (Å²) in [6.45, 7) is 1.53. The minimum atomic E-state index is -0.861. The Morgan fingerprint density at radius 1 is 1.25 bits per heavy atom. The number of aryl methyl sites for hydroxylation is 1. The van der Waals surface area contributed by atoms with Gasteiger partial charge >= 0.3 is 0 Å². The molecule has 0 saturated heterocycles. The molecule has 3 rings (SSSR count). The Labute approximate surface area is 162 Å². The summed E-state index contributed by atoms with van der Waals surface area (Å²) >= 11 is 5.68. The highest BCUT2D eigenvalue weighted by atomic mass is 35.5. The number of nitro benzene ring substituents is 1. The number of aromatic nitrogens is 2. The highest BCUT2D eigenvalue weighted by molar-refractivity contribution is 6.31. The average molecular weight is 403 g/mol. The number of anilines is 1. The minimum Gasteiger partial charge on any atom is -0.320 e. The third-order valence-corrected chi connectivity index (χ3v) is 4.10. The van der Waals surface area contributed by atoms with Crippen LogP contribution in [-0.4, -0.2) is 20.6 Å². The number of rotatable bonds is 4. The van der Waals surface area contributed by atoms with Crippen LogP contribution in [0.25, 0.3) is 5.69 Å². The molecule has 0 saturated carbocycles. The van der Waals surface area contributed by atoms with E-state index in [1.54, 1.807) is 6.07 Å². The first-order chi connectivity index (χ1) is 13.3. The summed E-state index contributed by atoms with van der Waals surface area (Å²) in [5, 5.41) is 17.5. The lowest BCUT2D eigenvalue weighted by Crippen LogP contribution is -2.27. The van der Waals surface area contributed by atoms with Gasteiger partial charge in [0, 0.05) is 23.5 Å². The number of amides is 1. The van der Waals surface area contributed by atoms with Gasteiger partial charge in [0.25, 0.3) is 11.6 Å². The maximum absolute atomic E-state index is 13.2. The Morgan fingerprint density at radius 2 is 1.96 bits per heavy atom. The summed E-state index contributed by atoms with van der Waals surface area (Å²) in [6, 6.07) is 10.5. The van der Waals surface area contributed by atoms with Crippen molar-refractivity contribution in [2.75, 3.05) is 5.32 Å². The molecule has 28 heavy (non-hydrogen) atoms. The molecular weight excluding hydrogens is 391 g/mol. The molecule has 1 N–H and O–H groups in total. The topological polar surface area (TPSA) is 107 Å². The van der Waals surface area contributed by atoms with E-state index in [1.165, 1.54) is 37.3 Å². The molecule has 0 aliphatic rings. The van der Waals surface area contributed by atoms with E-state index in [9.17, 15) is 24.1 Å². The van der Waals surface area contributed by atoms with Crippen molar-refractivity contribution in [3.05, 3.63) is 91.1 Å². The van der Waals surface area contributed by atoms with Crippen LogP contribution in [-0.2, 0) is 0 Å². The van der Waals surface area contributed by atoms with Crippen LogP contribution < -0.4 is 10.7 Å². The molecule has 142 valence electrons. The van der Waals surface area contributed by atoms with Gasteiger partial charge in [-0.05, 0) is 31.2 Å². The first kappa shape index (κ1) is 19.2. The van der Waals surface area contributed by atoms with Crippen LogP contribution in [0.3, 0.4) is 0 Å². The van der Waals surface area contributed by atoms with Crippen LogP contribution in [0.15, 0.2) is 53.3 Å². The van der Waals surface area contributed by atoms with Crippen LogP contribution >= 0.6 is 11.6 Å². The van der Waals surface area contributed by atoms with Gasteiger partial charge in [0.15, 0.2) is 5.69 Å². The Kier molecular flexibility index (Phi) is 5.18. The van der Waals surface area contributed by atoms with Crippen molar-refractivity contribution in [1.82, 2.24) is 9.78 Å². The van der Waals surface area contributed by atoms with Crippen molar-refractivity contribution in [3.63, 3.8) is 0 Å². The Morgan fingerprint density at radius 3 is 2.64 bits per heavy atom. The molecule has 1 amide bonds. The van der Waals surface area contributed by atoms with Gasteiger partial charge in [-0.2, -0.15) is 5.10 Å². The number of halogens is 2. The predicted octanol–water partition coefficient (Wildman–Crippen LogP) is 3.49. The molecule has 0 fully saturated rings. The van der Waals surface area contributed by atoms with Gasteiger partial charge in [-0.1, -0.05) is 23.7 Å². The zero-order valence-corrected chi connectivity index (χ0v) is 15.1. The smallest absolute Gasteiger partial charge is 0.294 e. The van der Waals surface area contributed by atoms with Gasteiger partial charge in [0.05, 0.1) is 9.95 Å². The van der Waals surface area contributed by atoms with E-state index >= 15 is 0 Å². The highest BCUT2D eigenvalue weighted by Crippen LogP contribution is 2.23. The summed E-state index contributed by atoms with van der Waals surface area (Å²) < 4.78 is 14.4. The van der Waals surface area contributed by atoms with Gasteiger partial charge in [-0.3, -0.25) is 19.7 Å². The Balaban J connectivity index is 2.05. The molecule has 0 bridgehead atoms. The number of nitrogens with zero attached hydrogens (tertiary/aromatic N) is 3. The molecular formula is C18H12ClFN4O4. The van der Waals surface area contributed by atoms with Gasteiger partial charge in [-0.25, -0.2) is 9.07 Å². The van der Waals surface area contributed by atoms with Crippen LogP contribution in [0.4, 0.5) is 15.8 Å². The molecule has 10 heteroatoms. The van der Waals surface area contributed by atoms with Crippen molar-refractivity contribution in [3.8, 4) is 5.69 Å². The maximum Gasteiger partial charge on any atom is 0.294 e. The molecule has 1 aromatic heterocycles. The number of nitrogens with one attached hydrogen (secondary N) is 1. The lowest BCUT2D eigenvalue weighted by molar-refractivity contribution is -0.384. The minimum absolute atomic E-state index is 0.101. The summed E-state index contributed by atoms with van der Waals surface area (Å²) in [4.78, 5) is 35.4. The van der Waals surface area contributed by atoms with Gasteiger partial charge < -0.3 is 5.32 Å². The second-order valence-electron chi connectivity index (χ2n) is 5.74. The van der Waals surface area contributed by atoms with Gasteiger partial charge in [-0.15, -0.1) is 0 Å². The van der Waals surface area contributed by atoms with Crippen molar-refractivity contribution >= 4 is 28.9 Å². The number of carbonyl (C=O) groups excluding carboxylic acids is 1. The summed E-state index contributed by atoms with van der Waals surface area (Å²) in [5.41, 5.74) is -0.819. The number of carbonyl (C=O) groups is 1. The largest absolute Gasteiger partial charge is 0.320 e. The normalized spacial score (nSPS) is 10.5. The SMILES string of the molecule is Cc1cc(=O)c(C(=O)Nc2ccc(F)c(Cl)c2)nn1-c1ccccc1[N+](=O)[O-]. The zero-order valence-electron chi connectivity index (χ0n) is 14.3. The second kappa shape index (κ2) is 7.57. The molecule has 1 heterocycles. The van der Waals surface area contributed by atoms with Crippen LogP contribution in [0.1, 0.15) is 16.2 Å². The van der Waals surface area contributed by atoms with Gasteiger partial charge in [0.2, 0.25) is 5.43 Å². The number of benzene rings is 2. The molecule has 0 unspecified atom stereocenters. The first-order valence-electron chi connectivity index (χ1n) is 7.89. The van der Waals surface area contributed by atoms with E-state index in [0.717, 1.165) is 16.8 Å². The van der Waals surface area contributed by atoms with E-state index in [1.807, 2.05) is 0 Å². The van der Waals surface area contributed by atoms with Crippen molar-refractivity contribution < 1.29 is 14.1 Å². The molecule has 0 aliphatic carbocycles. The highest BCUT2D eigenvalue weighted by Gasteiger charge is 2.20. The summed E-state index contributed by atoms with van der Waals surface area (Å²) in [5.74, 6) is -1.52. The lowest BCUT2D eigenvalue weighted by Gasteiger charge is -2.11. The fourth-order valence-electron chi connectivity index (χ4n) is 2.51. The van der Waals surface area contributed by atoms with E-state index < -0.39 is 27.8 Å². The quantitative estimate of drug-likeness (QED) is 0.531. The molecule has 0 atom stereocenters. The number of nitro groups is 1. The molecule has 0 spiro atoms. The molecule has 3 aromatic rings. The third-order valence-electron chi connectivity index (χ3n) is 3.81. The number of para-hydroxylation sites is 2. The van der Waals surface area contributed by atoms with Gasteiger partial charge in [0.1, 0.15) is 11.5 Å². The van der Waals surface area contributed by atoms with E-state index in [4.69, 9.17) is 11.6 Å². The molecule has 0 aliphatic heterocycles. The fourth-order valence-corrected chi connectivity index (χ4v) is 2.69. The summed E-state index contributed by atoms with van der Waals surface area (Å²) in [6.07, 6.45) is 0. The molecule has 2 aromatic carbocycles. The van der Waals surface area contributed by atoms with Crippen LogP contribution in [0.5, 0.6) is 0 Å². The maximum atomic E-state index is 13.2. The van der Waals surface area contributed by atoms with Crippen LogP contribution in [0.2, 0.25) is 5.02 Å². The lowest BCUT2D eigenvalue weighted by atomic mass is 10.2. The predicted molar refractivity (Wildman–Crippen MR) is 101 cm³/mol. The van der Waals surface area contributed by atoms with Crippen molar-refractivity contribution in [1.29, 1.82) is 0 Å². The first-order valence-corrected chi connectivity index (χ1v) is 8.27. The second-order valence-corrected chi connectivity index (χ2v) is 6.15. The van der Waals surface area contributed by atoms with E-state index in [0.29, 0.717) is 5.69 Å². The monoisotopic (exact) mass is 402 g/mol. The van der Waals surface area contributed by atoms with E-state index in [-0.39, 0.29) is 22.1 Å². The zero-order chi connectivity index (χ0) is 20.4. The Bertz CT molecular complexity index is 1160. The standard InChI is InChI=1S/C18H12ClFN4O4/c1-10-8-16(25)17(18(26)21-11-6-7-13(20)12(19)9-11)22-23(10)14-4-2-3-5-15(14)24(27)28/h2-9H,1H3,(H,21,26). The van der Waals surface area contributed by atoms with Crippen LogP contribution in [0, 0.1) is 22.9 Å². The summed E-state index contributed by atoms with van der Waals surface area (Å²) in [7, 11) is 0. The average Bonchev–Trinajstić information content (AvgIpc) is 2.64. The van der Waals surface area contributed by atoms with E-state index in [2.05, 4.69) is 10.4 Å². The van der Waals surface area contributed by atoms with Crippen molar-refractivity contribution in [2.45, 2.75) is 6.92 Å². The Hall–Kier alpha value is -3.59. The van der Waals surface area contributed by atoms with Crippen molar-refractivity contribution in [2.24, 2.45) is 0 Å². The third kappa shape index (κ3) is 3.74. The number of hydrogen-bond acceptors (Lipinski definition) is 5. The fraction of sp³-hybridized carbons (Fsp3) is 0.0556. The number of hydrogen-bond donors (Lipinski definition) is 1.